The number of sulfonamides is 1. The van der Waals surface area contributed by atoms with Crippen molar-refractivity contribution in [1.82, 2.24) is 29.1 Å². The largest absolute Gasteiger partial charge is 0.489 e. The second-order valence-corrected chi connectivity index (χ2v) is 8.18. The second kappa shape index (κ2) is 8.28. The van der Waals surface area contributed by atoms with E-state index in [4.69, 9.17) is 21.1 Å². The van der Waals surface area contributed by atoms with Gasteiger partial charge >= 0.3 is 12.0 Å². The lowest BCUT2D eigenvalue weighted by Gasteiger charge is -2.11. The van der Waals surface area contributed by atoms with Gasteiger partial charge < -0.3 is 9.47 Å². The Bertz CT molecular complexity index is 1210. The first kappa shape index (κ1) is 21.5. The summed E-state index contributed by atoms with van der Waals surface area (Å²) >= 11 is 6.04. The molecule has 0 aliphatic rings. The summed E-state index contributed by atoms with van der Waals surface area (Å²) in [5.74, 6) is 0.478. The topological polar surface area (TPSA) is 150 Å². The van der Waals surface area contributed by atoms with E-state index >= 15 is 0 Å². The Balaban J connectivity index is 1.89. The first-order valence-electron chi connectivity index (χ1n) is 8.54. The number of hydrogen-bond donors (Lipinski definition) is 2. The minimum absolute atomic E-state index is 0.0387. The number of rotatable bonds is 6. The SMILES string of the molecule is COc1nc(C)nc(NC(=O)NS(=O)(=O)c2c(Cl)nc3ccc(OC(C)C)cn23)n1. The molecule has 3 rings (SSSR count). The number of methoxy groups -OCH3 is 1. The van der Waals surface area contributed by atoms with E-state index in [-0.39, 0.29) is 34.7 Å². The number of anilines is 1. The molecule has 0 aliphatic heterocycles. The van der Waals surface area contributed by atoms with Crippen molar-refractivity contribution in [3.63, 3.8) is 0 Å². The van der Waals surface area contributed by atoms with Crippen LogP contribution in [-0.2, 0) is 10.0 Å². The van der Waals surface area contributed by atoms with Gasteiger partial charge in [-0.1, -0.05) is 11.6 Å². The van der Waals surface area contributed by atoms with Crippen molar-refractivity contribution < 1.29 is 22.7 Å². The van der Waals surface area contributed by atoms with E-state index in [9.17, 15) is 13.2 Å². The van der Waals surface area contributed by atoms with E-state index in [1.165, 1.54) is 17.7 Å². The highest BCUT2D eigenvalue weighted by Crippen LogP contribution is 2.25. The Morgan fingerprint density at radius 1 is 1.20 bits per heavy atom. The highest BCUT2D eigenvalue weighted by atomic mass is 35.5. The number of halogens is 1. The number of hydrogen-bond acceptors (Lipinski definition) is 9. The molecular weight excluding hydrogens is 438 g/mol. The van der Waals surface area contributed by atoms with Crippen LogP contribution in [0.4, 0.5) is 10.7 Å². The molecule has 2 N–H and O–H groups in total. The number of carbonyl (C=O) groups is 1. The van der Waals surface area contributed by atoms with E-state index < -0.39 is 21.1 Å². The molecule has 0 aromatic carbocycles. The number of imidazole rings is 1. The van der Waals surface area contributed by atoms with Crippen molar-refractivity contribution in [3.8, 4) is 11.8 Å². The Kier molecular flexibility index (Phi) is 5.94. The summed E-state index contributed by atoms with van der Waals surface area (Å²) in [6.45, 7) is 5.21. The van der Waals surface area contributed by atoms with Crippen molar-refractivity contribution in [2.75, 3.05) is 12.4 Å². The quantitative estimate of drug-likeness (QED) is 0.566. The molecular formula is C16H18ClN7O5S. The summed E-state index contributed by atoms with van der Waals surface area (Å²) in [7, 11) is -3.08. The number of aryl methyl sites for hydroxylation is 1. The summed E-state index contributed by atoms with van der Waals surface area (Å²) < 4.78 is 39.2. The molecule has 160 valence electrons. The van der Waals surface area contributed by atoms with Crippen molar-refractivity contribution in [2.45, 2.75) is 31.9 Å². The monoisotopic (exact) mass is 455 g/mol. The van der Waals surface area contributed by atoms with E-state index in [1.807, 2.05) is 18.6 Å². The van der Waals surface area contributed by atoms with E-state index in [1.54, 1.807) is 19.1 Å². The second-order valence-electron chi connectivity index (χ2n) is 6.22. The number of urea groups is 1. The fraction of sp³-hybridized carbons (Fsp3) is 0.312. The summed E-state index contributed by atoms with van der Waals surface area (Å²) in [5.41, 5.74) is 0.259. The van der Waals surface area contributed by atoms with Crippen LogP contribution >= 0.6 is 11.6 Å². The van der Waals surface area contributed by atoms with Gasteiger partial charge in [0.1, 0.15) is 17.2 Å². The summed E-state index contributed by atoms with van der Waals surface area (Å²) in [6, 6.07) is 2.03. The highest BCUT2D eigenvalue weighted by Gasteiger charge is 2.27. The van der Waals surface area contributed by atoms with Crippen molar-refractivity contribution >= 4 is 39.3 Å². The summed E-state index contributed by atoms with van der Waals surface area (Å²) in [6.07, 6.45) is 1.28. The summed E-state index contributed by atoms with van der Waals surface area (Å²) in [4.78, 5) is 27.8. The minimum atomic E-state index is -4.42. The van der Waals surface area contributed by atoms with Crippen LogP contribution in [0.15, 0.2) is 23.4 Å². The molecule has 3 aromatic heterocycles. The number of ether oxygens (including phenoxy) is 2. The fourth-order valence-electron chi connectivity index (χ4n) is 2.46. The van der Waals surface area contributed by atoms with Gasteiger partial charge in [-0.05, 0) is 32.9 Å². The predicted molar refractivity (Wildman–Crippen MR) is 106 cm³/mol. The maximum atomic E-state index is 12.8. The van der Waals surface area contributed by atoms with Crippen LogP contribution in [0.1, 0.15) is 19.7 Å². The zero-order valence-corrected chi connectivity index (χ0v) is 17.9. The van der Waals surface area contributed by atoms with Gasteiger partial charge in [-0.3, -0.25) is 9.72 Å². The number of pyridine rings is 1. The number of carbonyl (C=O) groups excluding carboxylic acids is 1. The zero-order valence-electron chi connectivity index (χ0n) is 16.4. The van der Waals surface area contributed by atoms with Crippen molar-refractivity contribution in [1.29, 1.82) is 0 Å². The Morgan fingerprint density at radius 2 is 1.93 bits per heavy atom. The average molecular weight is 456 g/mol. The third kappa shape index (κ3) is 4.68. The molecule has 3 aromatic rings. The lowest BCUT2D eigenvalue weighted by Crippen LogP contribution is -2.35. The summed E-state index contributed by atoms with van der Waals surface area (Å²) in [5, 5.41) is 1.48. The van der Waals surface area contributed by atoms with E-state index in [2.05, 4.69) is 25.3 Å². The number of aromatic nitrogens is 5. The number of nitrogens with zero attached hydrogens (tertiary/aromatic N) is 5. The van der Waals surface area contributed by atoms with Crippen LogP contribution in [0.2, 0.25) is 5.15 Å². The van der Waals surface area contributed by atoms with Crippen LogP contribution in [0.25, 0.3) is 5.65 Å². The number of amides is 2. The average Bonchev–Trinajstić information content (AvgIpc) is 2.95. The Labute approximate surface area is 176 Å². The molecule has 12 nitrogen and oxygen atoms in total. The van der Waals surface area contributed by atoms with Crippen LogP contribution < -0.4 is 19.5 Å². The van der Waals surface area contributed by atoms with Gasteiger partial charge in [0, 0.05) is 0 Å². The molecule has 0 bridgehead atoms. The first-order valence-corrected chi connectivity index (χ1v) is 10.4. The molecule has 0 saturated carbocycles. The normalized spacial score (nSPS) is 11.5. The standard InChI is InChI=1S/C16H18ClN7O5S/c1-8(2)29-10-5-6-11-20-12(17)13(24(11)7-10)30(26,27)23-15(25)21-14-18-9(3)19-16(22-14)28-4/h5-8H,1-4H3,(H2,18,19,21,22,23,25). The zero-order chi connectivity index (χ0) is 22.1. The first-order chi connectivity index (χ1) is 14.1. The van der Waals surface area contributed by atoms with Gasteiger partial charge in [-0.25, -0.2) is 14.5 Å². The molecule has 0 spiro atoms. The fourth-order valence-corrected chi connectivity index (χ4v) is 4.01. The van der Waals surface area contributed by atoms with Crippen molar-refractivity contribution in [2.24, 2.45) is 0 Å². The van der Waals surface area contributed by atoms with Crippen LogP contribution in [0.3, 0.4) is 0 Å². The Morgan fingerprint density at radius 3 is 2.60 bits per heavy atom. The molecule has 0 fully saturated rings. The number of nitrogens with one attached hydrogen (secondary N) is 2. The molecule has 0 unspecified atom stereocenters. The molecule has 0 aliphatic carbocycles. The molecule has 0 atom stereocenters. The molecule has 30 heavy (non-hydrogen) atoms. The third-order valence-corrected chi connectivity index (χ3v) is 5.22. The van der Waals surface area contributed by atoms with Crippen LogP contribution in [0, 0.1) is 6.92 Å². The van der Waals surface area contributed by atoms with Gasteiger partial charge in [-0.15, -0.1) is 0 Å². The van der Waals surface area contributed by atoms with Crippen LogP contribution in [-0.4, -0.2) is 52.0 Å². The number of fused-ring (bicyclic) bond motifs is 1. The highest BCUT2D eigenvalue weighted by molar-refractivity contribution is 7.90. The lowest BCUT2D eigenvalue weighted by atomic mass is 10.4. The molecule has 2 amide bonds. The van der Waals surface area contributed by atoms with E-state index in [0.717, 1.165) is 0 Å². The van der Waals surface area contributed by atoms with Gasteiger partial charge in [0.05, 0.1) is 19.4 Å². The smallest absolute Gasteiger partial charge is 0.335 e. The molecule has 3 heterocycles. The van der Waals surface area contributed by atoms with Gasteiger partial charge in [0.2, 0.25) is 5.95 Å². The maximum absolute atomic E-state index is 12.8. The van der Waals surface area contributed by atoms with Crippen LogP contribution in [0.5, 0.6) is 11.8 Å². The molecule has 14 heteroatoms. The third-order valence-electron chi connectivity index (χ3n) is 3.50. The maximum Gasteiger partial charge on any atom is 0.335 e. The Hall–Kier alpha value is -3.19. The van der Waals surface area contributed by atoms with Gasteiger partial charge in [0.25, 0.3) is 10.0 Å². The minimum Gasteiger partial charge on any atom is -0.489 e. The lowest BCUT2D eigenvalue weighted by molar-refractivity contribution is 0.241. The van der Waals surface area contributed by atoms with E-state index in [0.29, 0.717) is 5.75 Å². The molecule has 0 radical (unpaired) electrons. The van der Waals surface area contributed by atoms with Crippen molar-refractivity contribution in [3.05, 3.63) is 29.3 Å². The predicted octanol–water partition coefficient (Wildman–Crippen LogP) is 1.79. The van der Waals surface area contributed by atoms with Gasteiger partial charge in [0.15, 0.2) is 10.2 Å². The molecule has 0 saturated heterocycles. The van der Waals surface area contributed by atoms with Gasteiger partial charge in [-0.2, -0.15) is 23.4 Å².